The van der Waals surface area contributed by atoms with Crippen LogP contribution in [0, 0.1) is 6.92 Å². The van der Waals surface area contributed by atoms with Gasteiger partial charge in [0.2, 0.25) is 5.91 Å². The van der Waals surface area contributed by atoms with Crippen LogP contribution in [0.2, 0.25) is 5.02 Å². The fourth-order valence-corrected chi connectivity index (χ4v) is 5.46. The quantitative estimate of drug-likeness (QED) is 0.273. The van der Waals surface area contributed by atoms with Crippen molar-refractivity contribution in [3.05, 3.63) is 130 Å². The number of amides is 1. The zero-order valence-corrected chi connectivity index (χ0v) is 22.1. The van der Waals surface area contributed by atoms with Gasteiger partial charge in [0, 0.05) is 42.8 Å². The summed E-state index contributed by atoms with van der Waals surface area (Å²) in [5, 5.41) is 0.776. The van der Waals surface area contributed by atoms with E-state index in [-0.39, 0.29) is 11.9 Å². The molecule has 1 atom stereocenters. The Balaban J connectivity index is 1.29. The van der Waals surface area contributed by atoms with E-state index in [0.29, 0.717) is 6.42 Å². The van der Waals surface area contributed by atoms with E-state index < -0.39 is 0 Å². The van der Waals surface area contributed by atoms with Crippen molar-refractivity contribution in [1.29, 1.82) is 0 Å². The standard InChI is InChI=1S/C33H33ClN2O/c1-25-12-17-32(34)31(20-25)29-15-13-28(14-16-29)23-35-18-19-36(33(37)22-27-10-6-3-7-11-27)30(24-35)21-26-8-4-2-5-9-26/h2-17,20,30H,18-19,21-24H2,1H3. The first-order chi connectivity index (χ1) is 18.0. The second-order valence-electron chi connectivity index (χ2n) is 10.0. The van der Waals surface area contributed by atoms with Gasteiger partial charge in [-0.1, -0.05) is 108 Å². The Morgan fingerprint density at radius 1 is 0.811 bits per heavy atom. The maximum Gasteiger partial charge on any atom is 0.227 e. The first-order valence-corrected chi connectivity index (χ1v) is 13.4. The Labute approximate surface area is 225 Å². The second kappa shape index (κ2) is 11.8. The predicted molar refractivity (Wildman–Crippen MR) is 153 cm³/mol. The Bertz CT molecular complexity index is 1320. The van der Waals surface area contributed by atoms with E-state index in [0.717, 1.165) is 54.3 Å². The van der Waals surface area contributed by atoms with Crippen molar-refractivity contribution in [3.63, 3.8) is 0 Å². The van der Waals surface area contributed by atoms with E-state index in [2.05, 4.69) is 71.3 Å². The molecule has 0 aromatic heterocycles. The Morgan fingerprint density at radius 3 is 2.19 bits per heavy atom. The summed E-state index contributed by atoms with van der Waals surface area (Å²) in [6.45, 7) is 5.44. The van der Waals surface area contributed by atoms with E-state index in [9.17, 15) is 4.79 Å². The monoisotopic (exact) mass is 508 g/mol. The van der Waals surface area contributed by atoms with E-state index >= 15 is 0 Å². The van der Waals surface area contributed by atoms with Gasteiger partial charge in [-0.15, -0.1) is 0 Å². The molecule has 4 aromatic rings. The van der Waals surface area contributed by atoms with Gasteiger partial charge in [0.25, 0.3) is 0 Å². The van der Waals surface area contributed by atoms with Gasteiger partial charge in [0.15, 0.2) is 0 Å². The average molecular weight is 509 g/mol. The molecule has 37 heavy (non-hydrogen) atoms. The molecule has 5 rings (SSSR count). The van der Waals surface area contributed by atoms with Gasteiger partial charge in [-0.2, -0.15) is 0 Å². The highest BCUT2D eigenvalue weighted by molar-refractivity contribution is 6.33. The Morgan fingerprint density at radius 2 is 1.49 bits per heavy atom. The molecule has 1 unspecified atom stereocenters. The second-order valence-corrected chi connectivity index (χ2v) is 10.4. The number of halogens is 1. The molecule has 3 nitrogen and oxygen atoms in total. The van der Waals surface area contributed by atoms with Gasteiger partial charge >= 0.3 is 0 Å². The largest absolute Gasteiger partial charge is 0.337 e. The molecule has 0 radical (unpaired) electrons. The van der Waals surface area contributed by atoms with Crippen molar-refractivity contribution in [3.8, 4) is 11.1 Å². The predicted octanol–water partition coefficient (Wildman–Crippen LogP) is 6.81. The van der Waals surface area contributed by atoms with Crippen LogP contribution in [0.3, 0.4) is 0 Å². The van der Waals surface area contributed by atoms with Gasteiger partial charge in [-0.25, -0.2) is 0 Å². The smallest absolute Gasteiger partial charge is 0.227 e. The lowest BCUT2D eigenvalue weighted by molar-refractivity contribution is -0.135. The van der Waals surface area contributed by atoms with Crippen molar-refractivity contribution in [1.82, 2.24) is 9.80 Å². The van der Waals surface area contributed by atoms with Crippen molar-refractivity contribution >= 4 is 17.5 Å². The SMILES string of the molecule is Cc1ccc(Cl)c(-c2ccc(CN3CCN(C(=O)Cc4ccccc4)C(Cc4ccccc4)C3)cc2)c1. The van der Waals surface area contributed by atoms with Gasteiger partial charge in [0.05, 0.1) is 6.42 Å². The van der Waals surface area contributed by atoms with Crippen LogP contribution in [0.5, 0.6) is 0 Å². The molecular weight excluding hydrogens is 476 g/mol. The summed E-state index contributed by atoms with van der Waals surface area (Å²) in [5.41, 5.74) is 7.02. The summed E-state index contributed by atoms with van der Waals surface area (Å²) >= 11 is 6.46. The molecule has 1 aliphatic rings. The van der Waals surface area contributed by atoms with E-state index in [1.807, 2.05) is 48.5 Å². The molecular formula is C33H33ClN2O. The number of rotatable bonds is 7. The minimum atomic E-state index is 0.151. The molecule has 1 heterocycles. The average Bonchev–Trinajstić information content (AvgIpc) is 2.92. The van der Waals surface area contributed by atoms with Crippen LogP contribution in [0.15, 0.2) is 103 Å². The minimum Gasteiger partial charge on any atom is -0.337 e. The topological polar surface area (TPSA) is 23.6 Å². The highest BCUT2D eigenvalue weighted by Crippen LogP contribution is 2.29. The molecule has 1 fully saturated rings. The maximum absolute atomic E-state index is 13.4. The molecule has 1 aliphatic heterocycles. The Kier molecular flexibility index (Phi) is 8.03. The van der Waals surface area contributed by atoms with Crippen LogP contribution >= 0.6 is 11.6 Å². The zero-order valence-electron chi connectivity index (χ0n) is 21.3. The zero-order chi connectivity index (χ0) is 25.6. The van der Waals surface area contributed by atoms with Gasteiger partial charge in [0.1, 0.15) is 0 Å². The fourth-order valence-electron chi connectivity index (χ4n) is 5.23. The van der Waals surface area contributed by atoms with Crippen LogP contribution < -0.4 is 0 Å². The number of hydrogen-bond donors (Lipinski definition) is 0. The molecule has 1 amide bonds. The van der Waals surface area contributed by atoms with Crippen molar-refractivity contribution in [2.24, 2.45) is 0 Å². The maximum atomic E-state index is 13.4. The summed E-state index contributed by atoms with van der Waals surface area (Å²) in [4.78, 5) is 17.9. The van der Waals surface area contributed by atoms with Crippen LogP contribution in [0.25, 0.3) is 11.1 Å². The van der Waals surface area contributed by atoms with Crippen molar-refractivity contribution in [2.45, 2.75) is 32.4 Å². The molecule has 188 valence electrons. The van der Waals surface area contributed by atoms with Crippen LogP contribution in [-0.4, -0.2) is 41.4 Å². The lowest BCUT2D eigenvalue weighted by Gasteiger charge is -2.42. The van der Waals surface area contributed by atoms with Gasteiger partial charge < -0.3 is 4.90 Å². The number of hydrogen-bond acceptors (Lipinski definition) is 2. The molecule has 4 aromatic carbocycles. The molecule has 1 saturated heterocycles. The number of carbonyl (C=O) groups is 1. The normalized spacial score (nSPS) is 16.1. The van der Waals surface area contributed by atoms with E-state index in [1.165, 1.54) is 16.7 Å². The third-order valence-corrected chi connectivity index (χ3v) is 7.52. The molecule has 0 N–H and O–H groups in total. The number of benzene rings is 4. The molecule has 0 spiro atoms. The summed E-state index contributed by atoms with van der Waals surface area (Å²) in [6.07, 6.45) is 1.32. The summed E-state index contributed by atoms with van der Waals surface area (Å²) < 4.78 is 0. The van der Waals surface area contributed by atoms with E-state index in [1.54, 1.807) is 0 Å². The van der Waals surface area contributed by atoms with Crippen molar-refractivity contribution < 1.29 is 4.79 Å². The minimum absolute atomic E-state index is 0.151. The van der Waals surface area contributed by atoms with Crippen LogP contribution in [0.1, 0.15) is 22.3 Å². The van der Waals surface area contributed by atoms with Crippen molar-refractivity contribution in [2.75, 3.05) is 19.6 Å². The molecule has 0 bridgehead atoms. The van der Waals surface area contributed by atoms with Gasteiger partial charge in [-0.05, 0) is 47.7 Å². The molecule has 0 saturated carbocycles. The summed E-state index contributed by atoms with van der Waals surface area (Å²) in [6, 6.07) is 35.6. The highest BCUT2D eigenvalue weighted by Gasteiger charge is 2.30. The summed E-state index contributed by atoms with van der Waals surface area (Å²) in [7, 11) is 0. The van der Waals surface area contributed by atoms with Crippen LogP contribution in [0.4, 0.5) is 0 Å². The third kappa shape index (κ3) is 6.49. The first-order valence-electron chi connectivity index (χ1n) is 13.0. The first kappa shape index (κ1) is 25.3. The Hall–Kier alpha value is -3.40. The number of nitrogens with zero attached hydrogens (tertiary/aromatic N) is 2. The highest BCUT2D eigenvalue weighted by atomic mass is 35.5. The fraction of sp³-hybridized carbons (Fsp3) is 0.242. The third-order valence-electron chi connectivity index (χ3n) is 7.19. The van der Waals surface area contributed by atoms with Gasteiger partial charge in [-0.3, -0.25) is 9.69 Å². The number of carbonyl (C=O) groups excluding carboxylic acids is 1. The summed E-state index contributed by atoms with van der Waals surface area (Å²) in [5.74, 6) is 0.214. The molecule has 4 heteroatoms. The lowest BCUT2D eigenvalue weighted by atomic mass is 9.99. The number of piperazine rings is 1. The van der Waals surface area contributed by atoms with E-state index in [4.69, 9.17) is 11.6 Å². The lowest BCUT2D eigenvalue weighted by Crippen LogP contribution is -2.56. The molecule has 0 aliphatic carbocycles. The van der Waals surface area contributed by atoms with Crippen LogP contribution in [-0.2, 0) is 24.2 Å². The number of aryl methyl sites for hydroxylation is 1.